The van der Waals surface area contributed by atoms with Gasteiger partial charge in [0.05, 0.1) is 0 Å². The van der Waals surface area contributed by atoms with Crippen LogP contribution < -0.4 is 0 Å². The molecule has 0 aliphatic carbocycles. The number of aliphatic hydroxyl groups is 2. The van der Waals surface area contributed by atoms with Crippen molar-refractivity contribution < 1.29 is 53.0 Å². The summed E-state index contributed by atoms with van der Waals surface area (Å²) in [7, 11) is 0. The average Bonchev–Trinajstić information content (AvgIpc) is 2.31. The Morgan fingerprint density at radius 3 is 1.56 bits per heavy atom. The molecule has 18 heavy (non-hydrogen) atoms. The molecule has 0 heterocycles. The van der Waals surface area contributed by atoms with Crippen LogP contribution in [0.5, 0.6) is 0 Å². The van der Waals surface area contributed by atoms with Crippen molar-refractivity contribution in [2.24, 2.45) is 0 Å². The van der Waals surface area contributed by atoms with Gasteiger partial charge in [-0.05, 0) is 13.8 Å². The molecule has 0 rings (SSSR count). The molecule has 0 saturated heterocycles. The van der Waals surface area contributed by atoms with Crippen LogP contribution in [0.4, 0.5) is 0 Å². The van der Waals surface area contributed by atoms with E-state index in [1.165, 1.54) is 13.8 Å². The first-order chi connectivity index (χ1) is 8.22. The first kappa shape index (κ1) is 19.2. The number of ether oxygens (including phenoxy) is 2. The standard InChI is InChI=1S/C10H14O6.O.Ti/c1-6(2)8(12)15-10(14,5-11)16-9(13)7(3)4;;/h11,14H,1,3,5H2,2,4H3;;. The van der Waals surface area contributed by atoms with E-state index < -0.39 is 24.5 Å². The fraction of sp³-hybridized carbons (Fsp3) is 0.400. The fourth-order valence-corrected chi connectivity index (χ4v) is 0.549. The normalized spacial score (nSPS) is 9.50. The predicted octanol–water partition coefficient (Wildman–Crippen LogP) is -0.258. The van der Waals surface area contributed by atoms with E-state index in [9.17, 15) is 14.7 Å². The molecule has 0 aromatic rings. The van der Waals surface area contributed by atoms with Gasteiger partial charge < -0.3 is 19.7 Å². The summed E-state index contributed by atoms with van der Waals surface area (Å²) in [5.41, 5.74) is -0.0310. The van der Waals surface area contributed by atoms with Gasteiger partial charge >= 0.3 is 41.6 Å². The molecule has 0 fully saturated rings. The summed E-state index contributed by atoms with van der Waals surface area (Å²) in [6, 6.07) is 0. The molecule has 0 aromatic carbocycles. The molecule has 0 radical (unpaired) electrons. The van der Waals surface area contributed by atoms with E-state index in [-0.39, 0.29) is 11.1 Å². The van der Waals surface area contributed by atoms with E-state index in [2.05, 4.69) is 22.6 Å². The molecule has 8 heteroatoms. The van der Waals surface area contributed by atoms with Crippen LogP contribution in [0.2, 0.25) is 0 Å². The zero-order valence-electron chi connectivity index (χ0n) is 10.1. The van der Waals surface area contributed by atoms with Gasteiger partial charge in [-0.1, -0.05) is 13.2 Å². The molecule has 0 atom stereocenters. The van der Waals surface area contributed by atoms with Crippen molar-refractivity contribution in [3.05, 3.63) is 24.3 Å². The second-order valence-corrected chi connectivity index (χ2v) is 3.21. The molecular formula is C10H14O7Ti. The van der Waals surface area contributed by atoms with Gasteiger partial charge in [0.15, 0.2) is 0 Å². The van der Waals surface area contributed by atoms with Crippen molar-refractivity contribution in [1.29, 1.82) is 0 Å². The van der Waals surface area contributed by atoms with Gasteiger partial charge in [-0.15, -0.1) is 0 Å². The number of esters is 2. The summed E-state index contributed by atoms with van der Waals surface area (Å²) in [6.07, 6.45) is 0. The number of hydrogen-bond donors (Lipinski definition) is 2. The van der Waals surface area contributed by atoms with Crippen LogP contribution in [0.3, 0.4) is 0 Å². The maximum atomic E-state index is 11.1. The summed E-state index contributed by atoms with van der Waals surface area (Å²) in [5.74, 6) is -4.70. The van der Waals surface area contributed by atoms with E-state index >= 15 is 0 Å². The third-order valence-electron chi connectivity index (χ3n) is 1.40. The topological polar surface area (TPSA) is 110 Å². The second-order valence-electron chi connectivity index (χ2n) is 3.21. The monoisotopic (exact) mass is 294 g/mol. The van der Waals surface area contributed by atoms with Gasteiger partial charge in [-0.25, -0.2) is 9.59 Å². The molecular weight excluding hydrogens is 280 g/mol. The zero-order chi connectivity index (χ0) is 14.9. The van der Waals surface area contributed by atoms with Crippen molar-refractivity contribution in [2.75, 3.05) is 6.61 Å². The maximum absolute atomic E-state index is 11.1. The molecule has 0 unspecified atom stereocenters. The second kappa shape index (κ2) is 8.87. The van der Waals surface area contributed by atoms with E-state index in [1.807, 2.05) is 0 Å². The minimum absolute atomic E-state index is 0.0155. The van der Waals surface area contributed by atoms with E-state index in [1.54, 1.807) is 0 Å². The summed E-state index contributed by atoms with van der Waals surface area (Å²) < 4.78 is 17.0. The first-order valence-electron chi connectivity index (χ1n) is 4.53. The Kier molecular flexibility index (Phi) is 9.47. The fourth-order valence-electron chi connectivity index (χ4n) is 0.549. The zero-order valence-corrected chi connectivity index (χ0v) is 11.6. The molecule has 0 saturated carbocycles. The van der Waals surface area contributed by atoms with Crippen LogP contribution in [-0.2, 0) is 42.8 Å². The van der Waals surface area contributed by atoms with E-state index in [0.717, 1.165) is 20.4 Å². The van der Waals surface area contributed by atoms with Crippen LogP contribution in [0.1, 0.15) is 13.8 Å². The van der Waals surface area contributed by atoms with Crippen LogP contribution in [0, 0.1) is 0 Å². The molecule has 0 aliphatic rings. The minimum atomic E-state index is -2.72. The molecule has 2 N–H and O–H groups in total. The number of hydrogen-bond acceptors (Lipinski definition) is 7. The van der Waals surface area contributed by atoms with Gasteiger partial charge in [0.25, 0.3) is 0 Å². The first-order valence-corrected chi connectivity index (χ1v) is 5.17. The summed E-state index contributed by atoms with van der Waals surface area (Å²) in [5, 5.41) is 18.2. The number of aliphatic hydroxyl groups excluding tert-OH is 1. The Labute approximate surface area is 116 Å². The SMILES string of the molecule is C=C(C)C(=O)OC(O)(CO)OC(=O)C(=C)C.[O]=[Ti]. The summed E-state index contributed by atoms with van der Waals surface area (Å²) >= 11 is 0.750. The van der Waals surface area contributed by atoms with Gasteiger partial charge in [-0.2, -0.15) is 0 Å². The van der Waals surface area contributed by atoms with Crippen LogP contribution in [0.15, 0.2) is 24.3 Å². The molecule has 0 spiro atoms. The Morgan fingerprint density at radius 1 is 1.11 bits per heavy atom. The van der Waals surface area contributed by atoms with Gasteiger partial charge in [0.1, 0.15) is 6.61 Å². The Morgan fingerprint density at radius 2 is 1.39 bits per heavy atom. The number of carbonyl (C=O) groups excluding carboxylic acids is 2. The molecule has 0 aromatic heterocycles. The Bertz CT molecular complexity index is 322. The molecule has 0 bridgehead atoms. The molecule has 0 aliphatic heterocycles. The molecule has 7 nitrogen and oxygen atoms in total. The van der Waals surface area contributed by atoms with Crippen molar-refractivity contribution in [3.63, 3.8) is 0 Å². The van der Waals surface area contributed by atoms with Crippen LogP contribution in [-0.4, -0.2) is 34.7 Å². The quantitative estimate of drug-likeness (QED) is 0.311. The van der Waals surface area contributed by atoms with Crippen molar-refractivity contribution in [2.45, 2.75) is 19.8 Å². The summed E-state index contributed by atoms with van der Waals surface area (Å²) in [6.45, 7) is 8.10. The van der Waals surface area contributed by atoms with Gasteiger partial charge in [-0.3, -0.25) is 0 Å². The third-order valence-corrected chi connectivity index (χ3v) is 1.40. The Hall–Kier alpha value is -1.15. The summed E-state index contributed by atoms with van der Waals surface area (Å²) in [4.78, 5) is 22.1. The van der Waals surface area contributed by atoms with Crippen molar-refractivity contribution >= 4 is 11.9 Å². The van der Waals surface area contributed by atoms with Crippen molar-refractivity contribution in [3.8, 4) is 0 Å². The third kappa shape index (κ3) is 7.23. The van der Waals surface area contributed by atoms with E-state index in [4.69, 9.17) is 8.43 Å². The van der Waals surface area contributed by atoms with E-state index in [0.29, 0.717) is 0 Å². The van der Waals surface area contributed by atoms with Gasteiger partial charge in [0, 0.05) is 11.1 Å². The number of carbonyl (C=O) groups is 2. The van der Waals surface area contributed by atoms with Crippen LogP contribution >= 0.6 is 0 Å². The molecule has 100 valence electrons. The number of rotatable bonds is 5. The Balaban J connectivity index is 0. The molecule has 0 amide bonds. The average molecular weight is 294 g/mol. The predicted molar refractivity (Wildman–Crippen MR) is 54.5 cm³/mol. The van der Waals surface area contributed by atoms with Crippen LogP contribution in [0.25, 0.3) is 0 Å². The van der Waals surface area contributed by atoms with Gasteiger partial charge in [0.2, 0.25) is 0 Å². The van der Waals surface area contributed by atoms with Crippen molar-refractivity contribution in [1.82, 2.24) is 0 Å².